The SMILES string of the molecule is NCC1CCN1Cc1ccncc1Cl. The summed E-state index contributed by atoms with van der Waals surface area (Å²) in [4.78, 5) is 6.31. The summed E-state index contributed by atoms with van der Waals surface area (Å²) in [5.41, 5.74) is 6.77. The molecular weight excluding hydrogens is 198 g/mol. The van der Waals surface area contributed by atoms with Crippen LogP contribution in [-0.4, -0.2) is 29.0 Å². The number of pyridine rings is 1. The molecule has 2 rings (SSSR count). The molecule has 2 N–H and O–H groups in total. The maximum Gasteiger partial charge on any atom is 0.0634 e. The first-order chi connectivity index (χ1) is 6.81. The lowest BCUT2D eigenvalue weighted by atomic mass is 10.0. The molecule has 0 bridgehead atoms. The summed E-state index contributed by atoms with van der Waals surface area (Å²) < 4.78 is 0. The first kappa shape index (κ1) is 9.90. The number of hydrogen-bond acceptors (Lipinski definition) is 3. The second kappa shape index (κ2) is 4.26. The maximum atomic E-state index is 6.02. The van der Waals surface area contributed by atoms with Crippen molar-refractivity contribution in [2.45, 2.75) is 19.0 Å². The Hall–Kier alpha value is -0.640. The number of nitrogens with two attached hydrogens (primary N) is 1. The lowest BCUT2D eigenvalue weighted by Crippen LogP contribution is -2.50. The molecule has 1 aliphatic heterocycles. The number of hydrogen-bond donors (Lipinski definition) is 1. The fourth-order valence-electron chi connectivity index (χ4n) is 1.72. The third-order valence-electron chi connectivity index (χ3n) is 2.77. The molecular formula is C10H14ClN3. The average Bonchev–Trinajstić information content (AvgIpc) is 2.15. The smallest absolute Gasteiger partial charge is 0.0634 e. The van der Waals surface area contributed by atoms with E-state index in [9.17, 15) is 0 Å². The lowest BCUT2D eigenvalue weighted by Gasteiger charge is -2.40. The Morgan fingerprint density at radius 3 is 3.07 bits per heavy atom. The lowest BCUT2D eigenvalue weighted by molar-refractivity contribution is 0.0882. The molecule has 3 nitrogen and oxygen atoms in total. The van der Waals surface area contributed by atoms with Crippen LogP contribution in [0.2, 0.25) is 5.02 Å². The Morgan fingerprint density at radius 1 is 1.64 bits per heavy atom. The third kappa shape index (κ3) is 1.90. The van der Waals surface area contributed by atoms with Crippen molar-refractivity contribution in [3.63, 3.8) is 0 Å². The van der Waals surface area contributed by atoms with Gasteiger partial charge in [-0.15, -0.1) is 0 Å². The molecule has 1 aromatic heterocycles. The minimum atomic E-state index is 0.541. The van der Waals surface area contributed by atoms with Crippen molar-refractivity contribution < 1.29 is 0 Å². The standard InChI is InChI=1S/C10H14ClN3/c11-10-6-13-3-1-8(10)7-14-4-2-9(14)5-12/h1,3,6,9H,2,4-5,7,12H2. The van der Waals surface area contributed by atoms with E-state index in [1.165, 1.54) is 6.42 Å². The zero-order valence-corrected chi connectivity index (χ0v) is 8.74. The van der Waals surface area contributed by atoms with Gasteiger partial charge in [-0.2, -0.15) is 0 Å². The van der Waals surface area contributed by atoms with Gasteiger partial charge in [0.1, 0.15) is 0 Å². The molecule has 2 heterocycles. The minimum absolute atomic E-state index is 0.541. The molecule has 1 fully saturated rings. The zero-order valence-electron chi connectivity index (χ0n) is 7.99. The number of nitrogens with zero attached hydrogens (tertiary/aromatic N) is 2. The molecule has 0 spiro atoms. The van der Waals surface area contributed by atoms with Crippen LogP contribution in [-0.2, 0) is 6.54 Å². The summed E-state index contributed by atoms with van der Waals surface area (Å²) in [6.45, 7) is 2.76. The molecule has 1 aromatic rings. The number of rotatable bonds is 3. The van der Waals surface area contributed by atoms with Crippen molar-refractivity contribution in [3.05, 3.63) is 29.0 Å². The highest BCUT2D eigenvalue weighted by molar-refractivity contribution is 6.31. The van der Waals surface area contributed by atoms with E-state index in [4.69, 9.17) is 17.3 Å². The highest BCUT2D eigenvalue weighted by atomic mass is 35.5. The largest absolute Gasteiger partial charge is 0.329 e. The second-order valence-corrected chi connectivity index (χ2v) is 4.02. The Labute approximate surface area is 88.9 Å². The van der Waals surface area contributed by atoms with Crippen LogP contribution in [0.25, 0.3) is 0 Å². The predicted molar refractivity (Wildman–Crippen MR) is 57.1 cm³/mol. The molecule has 0 radical (unpaired) electrons. The Bertz CT molecular complexity index is 314. The van der Waals surface area contributed by atoms with Crippen molar-refractivity contribution in [1.29, 1.82) is 0 Å². The van der Waals surface area contributed by atoms with Crippen LogP contribution >= 0.6 is 11.6 Å². The third-order valence-corrected chi connectivity index (χ3v) is 3.11. The summed E-state index contributed by atoms with van der Waals surface area (Å²) in [6.07, 6.45) is 4.67. The summed E-state index contributed by atoms with van der Waals surface area (Å²) in [6, 6.07) is 2.51. The van der Waals surface area contributed by atoms with Gasteiger partial charge in [0, 0.05) is 38.1 Å². The molecule has 1 aliphatic rings. The van der Waals surface area contributed by atoms with E-state index < -0.39 is 0 Å². The maximum absolute atomic E-state index is 6.02. The quantitative estimate of drug-likeness (QED) is 0.819. The summed E-state index contributed by atoms with van der Waals surface area (Å²) >= 11 is 6.02. The first-order valence-corrected chi connectivity index (χ1v) is 5.21. The van der Waals surface area contributed by atoms with Crippen molar-refractivity contribution in [3.8, 4) is 0 Å². The van der Waals surface area contributed by atoms with Gasteiger partial charge in [0.15, 0.2) is 0 Å². The topological polar surface area (TPSA) is 42.1 Å². The molecule has 1 atom stereocenters. The number of likely N-dealkylation sites (tertiary alicyclic amines) is 1. The molecule has 0 aromatic carbocycles. The van der Waals surface area contributed by atoms with Crippen LogP contribution in [0.5, 0.6) is 0 Å². The molecule has 1 saturated heterocycles. The monoisotopic (exact) mass is 211 g/mol. The van der Waals surface area contributed by atoms with E-state index in [1.54, 1.807) is 12.4 Å². The predicted octanol–water partition coefficient (Wildman–Crippen LogP) is 1.27. The Morgan fingerprint density at radius 2 is 2.50 bits per heavy atom. The van der Waals surface area contributed by atoms with Crippen molar-refractivity contribution in [1.82, 2.24) is 9.88 Å². The summed E-state index contributed by atoms with van der Waals surface area (Å²) in [5, 5.41) is 0.746. The molecule has 0 aliphatic carbocycles. The molecule has 0 saturated carbocycles. The molecule has 4 heteroatoms. The van der Waals surface area contributed by atoms with Crippen LogP contribution in [0.1, 0.15) is 12.0 Å². The van der Waals surface area contributed by atoms with Gasteiger partial charge in [-0.05, 0) is 18.1 Å². The van der Waals surface area contributed by atoms with Gasteiger partial charge >= 0.3 is 0 Å². The average molecular weight is 212 g/mol. The van der Waals surface area contributed by atoms with Crippen LogP contribution < -0.4 is 5.73 Å². The normalized spacial score (nSPS) is 22.0. The molecule has 76 valence electrons. The van der Waals surface area contributed by atoms with E-state index in [0.29, 0.717) is 6.04 Å². The fraction of sp³-hybridized carbons (Fsp3) is 0.500. The van der Waals surface area contributed by atoms with E-state index in [2.05, 4.69) is 9.88 Å². The fourth-order valence-corrected chi connectivity index (χ4v) is 1.90. The van der Waals surface area contributed by atoms with E-state index >= 15 is 0 Å². The van der Waals surface area contributed by atoms with Crippen LogP contribution in [0, 0.1) is 0 Å². The van der Waals surface area contributed by atoms with Gasteiger partial charge in [0.05, 0.1) is 5.02 Å². The molecule has 14 heavy (non-hydrogen) atoms. The Balaban J connectivity index is 2.01. The van der Waals surface area contributed by atoms with Gasteiger partial charge in [-0.1, -0.05) is 11.6 Å². The number of aromatic nitrogens is 1. The van der Waals surface area contributed by atoms with Gasteiger partial charge in [-0.25, -0.2) is 0 Å². The van der Waals surface area contributed by atoms with Gasteiger partial charge in [0.25, 0.3) is 0 Å². The van der Waals surface area contributed by atoms with E-state index in [-0.39, 0.29) is 0 Å². The highest BCUT2D eigenvalue weighted by Crippen LogP contribution is 2.22. The van der Waals surface area contributed by atoms with Gasteiger partial charge in [-0.3, -0.25) is 9.88 Å². The molecule has 1 unspecified atom stereocenters. The van der Waals surface area contributed by atoms with Crippen LogP contribution in [0.3, 0.4) is 0 Å². The van der Waals surface area contributed by atoms with Crippen LogP contribution in [0.4, 0.5) is 0 Å². The van der Waals surface area contributed by atoms with E-state index in [0.717, 1.165) is 30.2 Å². The summed E-state index contributed by atoms with van der Waals surface area (Å²) in [5.74, 6) is 0. The van der Waals surface area contributed by atoms with Crippen LogP contribution in [0.15, 0.2) is 18.5 Å². The molecule has 0 amide bonds. The van der Waals surface area contributed by atoms with Crippen molar-refractivity contribution >= 4 is 11.6 Å². The van der Waals surface area contributed by atoms with Gasteiger partial charge < -0.3 is 5.73 Å². The highest BCUT2D eigenvalue weighted by Gasteiger charge is 2.26. The second-order valence-electron chi connectivity index (χ2n) is 3.62. The van der Waals surface area contributed by atoms with Crippen molar-refractivity contribution in [2.75, 3.05) is 13.1 Å². The van der Waals surface area contributed by atoms with E-state index in [1.807, 2.05) is 6.07 Å². The first-order valence-electron chi connectivity index (χ1n) is 4.84. The van der Waals surface area contributed by atoms with Gasteiger partial charge in [0.2, 0.25) is 0 Å². The minimum Gasteiger partial charge on any atom is -0.329 e. The van der Waals surface area contributed by atoms with Crippen molar-refractivity contribution in [2.24, 2.45) is 5.73 Å². The Kier molecular flexibility index (Phi) is 3.01. The summed E-state index contributed by atoms with van der Waals surface area (Å²) in [7, 11) is 0. The number of halogens is 1. The zero-order chi connectivity index (χ0) is 9.97.